The van der Waals surface area contributed by atoms with E-state index in [1.165, 1.54) is 6.21 Å². The molecular weight excluding hydrogens is 202 g/mol. The van der Waals surface area contributed by atoms with Gasteiger partial charge in [-0.25, -0.2) is 0 Å². The second kappa shape index (κ2) is 8.81. The first-order chi connectivity index (χ1) is 6.07. The summed E-state index contributed by atoms with van der Waals surface area (Å²) in [7, 11) is 3.74. The Balaban J connectivity index is 0. The Labute approximate surface area is 92.1 Å². The summed E-state index contributed by atoms with van der Waals surface area (Å²) in [6.45, 7) is 5.09. The molecule has 0 fully saturated rings. The van der Waals surface area contributed by atoms with Gasteiger partial charge in [0, 0.05) is 20.6 Å². The van der Waals surface area contributed by atoms with Gasteiger partial charge in [0.1, 0.15) is 12.1 Å². The van der Waals surface area contributed by atoms with Crippen molar-refractivity contribution in [3.63, 3.8) is 0 Å². The van der Waals surface area contributed by atoms with Gasteiger partial charge in [-0.1, -0.05) is 19.0 Å². The zero-order chi connectivity index (χ0) is 10.3. The Morgan fingerprint density at radius 2 is 2.00 bits per heavy atom. The van der Waals surface area contributed by atoms with Gasteiger partial charge >= 0.3 is 0 Å². The molecule has 0 aliphatic carbocycles. The Hall–Kier alpha value is -0.770. The van der Waals surface area contributed by atoms with Crippen LogP contribution in [0.25, 0.3) is 0 Å². The van der Waals surface area contributed by atoms with E-state index in [-0.39, 0.29) is 12.4 Å². The van der Waals surface area contributed by atoms with Crippen LogP contribution in [0.15, 0.2) is 10.1 Å². The Morgan fingerprint density at radius 3 is 2.36 bits per heavy atom. The Morgan fingerprint density at radius 1 is 1.43 bits per heavy atom. The van der Waals surface area contributed by atoms with Crippen molar-refractivity contribution in [3.8, 4) is 0 Å². The van der Waals surface area contributed by atoms with E-state index in [2.05, 4.69) is 24.0 Å². The third-order valence-electron chi connectivity index (χ3n) is 1.61. The molecule has 0 bridgehead atoms. The van der Waals surface area contributed by atoms with Crippen molar-refractivity contribution in [2.24, 2.45) is 16.1 Å². The predicted molar refractivity (Wildman–Crippen MR) is 63.0 cm³/mol. The van der Waals surface area contributed by atoms with E-state index in [4.69, 9.17) is 5.21 Å². The van der Waals surface area contributed by atoms with Gasteiger partial charge in [-0.05, 0) is 12.3 Å². The fourth-order valence-electron chi connectivity index (χ4n) is 0.787. The minimum Gasteiger partial charge on any atom is -0.411 e. The third kappa shape index (κ3) is 7.86. The van der Waals surface area contributed by atoms with E-state index in [9.17, 15) is 0 Å². The fourth-order valence-corrected chi connectivity index (χ4v) is 0.787. The van der Waals surface area contributed by atoms with Gasteiger partial charge in [0.15, 0.2) is 0 Å². The largest absolute Gasteiger partial charge is 0.411 e. The number of hydrogen-bond acceptors (Lipinski definition) is 3. The summed E-state index contributed by atoms with van der Waals surface area (Å²) >= 11 is 0. The molecule has 0 heterocycles. The number of aliphatic imine (C=N–C) groups is 1. The molecule has 0 aromatic heterocycles. The van der Waals surface area contributed by atoms with Gasteiger partial charge in [0.05, 0.1) is 0 Å². The molecule has 0 aliphatic rings. The van der Waals surface area contributed by atoms with Crippen LogP contribution in [0.3, 0.4) is 0 Å². The standard InChI is InChI=1S/C9H19N3O.ClH/c1-8(2)5-6-10-9(7-11-13)12(3)4;/h7-8,13H,5-6H2,1-4H3;1H/b10-9?,11-7+;. The number of amidine groups is 1. The smallest absolute Gasteiger partial charge is 0.145 e. The van der Waals surface area contributed by atoms with Crippen LogP contribution in [0.2, 0.25) is 0 Å². The minimum absolute atomic E-state index is 0. The van der Waals surface area contributed by atoms with E-state index < -0.39 is 0 Å². The SMILES string of the molecule is CC(C)CCN=C(/C=N/O)N(C)C.Cl. The quantitative estimate of drug-likeness (QED) is 0.341. The van der Waals surface area contributed by atoms with Crippen molar-refractivity contribution in [2.45, 2.75) is 20.3 Å². The summed E-state index contributed by atoms with van der Waals surface area (Å²) in [5.41, 5.74) is 0. The molecule has 0 spiro atoms. The van der Waals surface area contributed by atoms with E-state index >= 15 is 0 Å². The van der Waals surface area contributed by atoms with E-state index in [1.807, 2.05) is 19.0 Å². The van der Waals surface area contributed by atoms with Crippen LogP contribution in [-0.4, -0.2) is 42.8 Å². The van der Waals surface area contributed by atoms with Crippen LogP contribution < -0.4 is 0 Å². The fraction of sp³-hybridized carbons (Fsp3) is 0.778. The van der Waals surface area contributed by atoms with Gasteiger partial charge < -0.3 is 10.1 Å². The minimum atomic E-state index is 0. The van der Waals surface area contributed by atoms with Crippen molar-refractivity contribution >= 4 is 24.5 Å². The lowest BCUT2D eigenvalue weighted by Gasteiger charge is -2.11. The zero-order valence-electron chi connectivity index (χ0n) is 9.27. The second-order valence-corrected chi connectivity index (χ2v) is 3.56. The monoisotopic (exact) mass is 221 g/mol. The number of oxime groups is 1. The third-order valence-corrected chi connectivity index (χ3v) is 1.61. The highest BCUT2D eigenvalue weighted by Gasteiger charge is 1.98. The zero-order valence-corrected chi connectivity index (χ0v) is 10.1. The number of nitrogens with zero attached hydrogens (tertiary/aromatic N) is 3. The van der Waals surface area contributed by atoms with Crippen molar-refractivity contribution in [1.82, 2.24) is 4.90 Å². The number of rotatable bonds is 4. The maximum Gasteiger partial charge on any atom is 0.145 e. The molecule has 14 heavy (non-hydrogen) atoms. The topological polar surface area (TPSA) is 48.2 Å². The molecule has 0 aromatic rings. The van der Waals surface area contributed by atoms with Gasteiger partial charge in [-0.3, -0.25) is 4.99 Å². The maximum absolute atomic E-state index is 8.36. The molecule has 0 amide bonds. The highest BCUT2D eigenvalue weighted by Crippen LogP contribution is 1.98. The molecule has 5 heteroatoms. The van der Waals surface area contributed by atoms with Crippen LogP contribution in [0, 0.1) is 5.92 Å². The lowest BCUT2D eigenvalue weighted by atomic mass is 10.1. The summed E-state index contributed by atoms with van der Waals surface area (Å²) < 4.78 is 0. The van der Waals surface area contributed by atoms with Crippen molar-refractivity contribution < 1.29 is 5.21 Å². The molecule has 4 nitrogen and oxygen atoms in total. The first-order valence-electron chi connectivity index (χ1n) is 4.47. The van der Waals surface area contributed by atoms with Crippen molar-refractivity contribution in [3.05, 3.63) is 0 Å². The molecule has 84 valence electrons. The molecule has 0 aliphatic heterocycles. The maximum atomic E-state index is 8.36. The van der Waals surface area contributed by atoms with Gasteiger partial charge in [0.25, 0.3) is 0 Å². The molecule has 0 aromatic carbocycles. The normalized spacial score (nSPS) is 11.9. The van der Waals surface area contributed by atoms with E-state index in [0.29, 0.717) is 11.8 Å². The van der Waals surface area contributed by atoms with Crippen LogP contribution in [0.1, 0.15) is 20.3 Å². The van der Waals surface area contributed by atoms with Gasteiger partial charge in [-0.2, -0.15) is 0 Å². The van der Waals surface area contributed by atoms with Crippen molar-refractivity contribution in [1.29, 1.82) is 0 Å². The lowest BCUT2D eigenvalue weighted by Crippen LogP contribution is -2.23. The molecular formula is C9H20ClN3O. The highest BCUT2D eigenvalue weighted by atomic mass is 35.5. The van der Waals surface area contributed by atoms with Gasteiger partial charge in [0.2, 0.25) is 0 Å². The van der Waals surface area contributed by atoms with Crippen LogP contribution in [-0.2, 0) is 0 Å². The Kier molecular flexibility index (Phi) is 9.88. The summed E-state index contributed by atoms with van der Waals surface area (Å²) in [5.74, 6) is 1.35. The second-order valence-electron chi connectivity index (χ2n) is 3.56. The van der Waals surface area contributed by atoms with Gasteiger partial charge in [-0.15, -0.1) is 12.4 Å². The predicted octanol–water partition coefficient (Wildman–Crippen LogP) is 1.87. The molecule has 0 saturated heterocycles. The average Bonchev–Trinajstić information content (AvgIpc) is 2.02. The first kappa shape index (κ1) is 15.7. The molecule has 0 atom stereocenters. The van der Waals surface area contributed by atoms with E-state index in [0.717, 1.165) is 13.0 Å². The van der Waals surface area contributed by atoms with E-state index in [1.54, 1.807) is 0 Å². The van der Waals surface area contributed by atoms with Crippen molar-refractivity contribution in [2.75, 3.05) is 20.6 Å². The molecule has 0 radical (unpaired) electrons. The number of hydrogen-bond donors (Lipinski definition) is 1. The lowest BCUT2D eigenvalue weighted by molar-refractivity contribution is 0.322. The molecule has 0 saturated carbocycles. The summed E-state index contributed by atoms with van der Waals surface area (Å²) in [6.07, 6.45) is 2.40. The van der Waals surface area contributed by atoms with Crippen LogP contribution in [0.5, 0.6) is 0 Å². The number of halogens is 1. The summed E-state index contributed by atoms with van der Waals surface area (Å²) in [5, 5.41) is 11.3. The molecule has 0 rings (SSSR count). The summed E-state index contributed by atoms with van der Waals surface area (Å²) in [4.78, 5) is 6.11. The molecule has 1 N–H and O–H groups in total. The summed E-state index contributed by atoms with van der Waals surface area (Å²) in [6, 6.07) is 0. The first-order valence-corrected chi connectivity index (χ1v) is 4.47. The Bertz CT molecular complexity index is 190. The van der Waals surface area contributed by atoms with Crippen LogP contribution >= 0.6 is 12.4 Å². The van der Waals surface area contributed by atoms with Crippen LogP contribution in [0.4, 0.5) is 0 Å². The highest BCUT2D eigenvalue weighted by molar-refractivity contribution is 6.28. The average molecular weight is 222 g/mol. The molecule has 0 unspecified atom stereocenters.